The predicted octanol–water partition coefficient (Wildman–Crippen LogP) is 3.77. The van der Waals surface area contributed by atoms with Gasteiger partial charge in [0.05, 0.1) is 12.1 Å². The minimum absolute atomic E-state index is 0.670. The molecule has 1 aromatic carbocycles. The molecule has 0 amide bonds. The largest absolute Gasteiger partial charge is 0.360 e. The fraction of sp³-hybridized carbons (Fsp3) is 0.556. The Bertz CT molecular complexity index is 584. The van der Waals surface area contributed by atoms with Gasteiger partial charge in [-0.05, 0) is 48.9 Å². The molecular formula is C18H26N2O. The summed E-state index contributed by atoms with van der Waals surface area (Å²) in [5.74, 6) is 1.51. The first-order valence-electron chi connectivity index (χ1n) is 8.09. The van der Waals surface area contributed by atoms with Gasteiger partial charge in [-0.2, -0.15) is 0 Å². The summed E-state index contributed by atoms with van der Waals surface area (Å²) < 4.78 is 8.02. The van der Waals surface area contributed by atoms with Crippen molar-refractivity contribution in [3.05, 3.63) is 36.0 Å². The predicted molar refractivity (Wildman–Crippen MR) is 87.2 cm³/mol. The highest BCUT2D eigenvalue weighted by molar-refractivity contribution is 5.83. The van der Waals surface area contributed by atoms with Crippen LogP contribution in [0.25, 0.3) is 10.9 Å². The Morgan fingerprint density at radius 1 is 1.29 bits per heavy atom. The quantitative estimate of drug-likeness (QED) is 0.799. The van der Waals surface area contributed by atoms with Gasteiger partial charge in [0, 0.05) is 18.1 Å². The Hall–Kier alpha value is -1.32. The smallest absolute Gasteiger partial charge is 0.122 e. The maximum atomic E-state index is 5.81. The molecule has 1 heterocycles. The molecular weight excluding hydrogens is 260 g/mol. The Morgan fingerprint density at radius 2 is 2.14 bits per heavy atom. The van der Waals surface area contributed by atoms with Crippen LogP contribution in [0.5, 0.6) is 0 Å². The van der Waals surface area contributed by atoms with Crippen molar-refractivity contribution in [1.82, 2.24) is 9.88 Å². The van der Waals surface area contributed by atoms with E-state index < -0.39 is 0 Å². The monoisotopic (exact) mass is 286 g/mol. The van der Waals surface area contributed by atoms with Crippen LogP contribution >= 0.6 is 0 Å². The second-order valence-electron chi connectivity index (χ2n) is 6.60. The number of nitrogens with one attached hydrogen (secondary N) is 1. The molecule has 2 aromatic rings. The average molecular weight is 286 g/mol. The molecule has 0 unspecified atom stereocenters. The van der Waals surface area contributed by atoms with Crippen molar-refractivity contribution in [2.24, 2.45) is 11.8 Å². The highest BCUT2D eigenvalue weighted by atomic mass is 16.5. The molecule has 1 fully saturated rings. The minimum atomic E-state index is 0.670. The zero-order chi connectivity index (χ0) is 14.7. The fourth-order valence-electron chi connectivity index (χ4n) is 2.65. The van der Waals surface area contributed by atoms with E-state index in [-0.39, 0.29) is 0 Å². The lowest BCUT2D eigenvalue weighted by molar-refractivity contribution is 0.0718. The summed E-state index contributed by atoms with van der Waals surface area (Å²) in [7, 11) is 0. The van der Waals surface area contributed by atoms with Crippen LogP contribution in [-0.4, -0.2) is 17.7 Å². The Balaban J connectivity index is 1.66. The number of rotatable bonds is 8. The number of nitrogens with zero attached hydrogens (tertiary/aromatic N) is 1. The molecule has 1 saturated carbocycles. The number of fused-ring (bicyclic) bond motifs is 1. The van der Waals surface area contributed by atoms with Gasteiger partial charge in [-0.15, -0.1) is 0 Å². The third-order valence-corrected chi connectivity index (χ3v) is 4.05. The fourth-order valence-corrected chi connectivity index (χ4v) is 2.65. The lowest BCUT2D eigenvalue weighted by Crippen LogP contribution is -2.19. The van der Waals surface area contributed by atoms with E-state index in [0.717, 1.165) is 25.6 Å². The SMILES string of the molecule is CC(C)CNCc1cccc2c1ccn2COCC1CC1. The highest BCUT2D eigenvalue weighted by Gasteiger charge is 2.21. The van der Waals surface area contributed by atoms with E-state index >= 15 is 0 Å². The summed E-state index contributed by atoms with van der Waals surface area (Å²) in [5.41, 5.74) is 2.64. The molecule has 21 heavy (non-hydrogen) atoms. The zero-order valence-electron chi connectivity index (χ0n) is 13.1. The van der Waals surface area contributed by atoms with Gasteiger partial charge in [-0.3, -0.25) is 0 Å². The van der Waals surface area contributed by atoms with Crippen LogP contribution < -0.4 is 5.32 Å². The summed E-state index contributed by atoms with van der Waals surface area (Å²) in [6.45, 7) is 8.05. The molecule has 3 rings (SSSR count). The van der Waals surface area contributed by atoms with Crippen LogP contribution in [0.4, 0.5) is 0 Å². The standard InChI is InChI=1S/C18H26N2O/c1-14(2)10-19-11-16-4-3-5-18-17(16)8-9-20(18)13-21-12-15-6-7-15/h3-5,8-9,14-15,19H,6-7,10-13H2,1-2H3. The van der Waals surface area contributed by atoms with E-state index in [4.69, 9.17) is 4.74 Å². The molecule has 0 spiro atoms. The van der Waals surface area contributed by atoms with E-state index in [1.807, 2.05) is 0 Å². The molecule has 1 N–H and O–H groups in total. The summed E-state index contributed by atoms with van der Waals surface area (Å²) in [5, 5.41) is 4.87. The van der Waals surface area contributed by atoms with Crippen molar-refractivity contribution < 1.29 is 4.74 Å². The summed E-state index contributed by atoms with van der Waals surface area (Å²) in [6, 6.07) is 8.75. The van der Waals surface area contributed by atoms with Gasteiger partial charge in [0.1, 0.15) is 6.73 Å². The number of hydrogen-bond acceptors (Lipinski definition) is 2. The van der Waals surface area contributed by atoms with Gasteiger partial charge in [0.2, 0.25) is 0 Å². The van der Waals surface area contributed by atoms with Gasteiger partial charge in [0.15, 0.2) is 0 Å². The first-order valence-corrected chi connectivity index (χ1v) is 8.09. The summed E-state index contributed by atoms with van der Waals surface area (Å²) in [4.78, 5) is 0. The third kappa shape index (κ3) is 3.86. The maximum absolute atomic E-state index is 5.81. The topological polar surface area (TPSA) is 26.2 Å². The van der Waals surface area contributed by atoms with Crippen molar-refractivity contribution in [2.45, 2.75) is 40.0 Å². The molecule has 0 bridgehead atoms. The molecule has 0 atom stereocenters. The molecule has 0 saturated heterocycles. The second kappa shape index (κ2) is 6.63. The maximum Gasteiger partial charge on any atom is 0.122 e. The summed E-state index contributed by atoms with van der Waals surface area (Å²) >= 11 is 0. The van der Waals surface area contributed by atoms with E-state index in [2.05, 4.69) is 54.2 Å². The lowest BCUT2D eigenvalue weighted by atomic mass is 10.1. The van der Waals surface area contributed by atoms with Gasteiger partial charge < -0.3 is 14.6 Å². The second-order valence-corrected chi connectivity index (χ2v) is 6.60. The number of aromatic nitrogens is 1. The molecule has 1 aliphatic carbocycles. The van der Waals surface area contributed by atoms with Crippen molar-refractivity contribution in [3.63, 3.8) is 0 Å². The normalized spacial score (nSPS) is 15.2. The van der Waals surface area contributed by atoms with Crippen LogP contribution in [0.3, 0.4) is 0 Å². The Morgan fingerprint density at radius 3 is 2.90 bits per heavy atom. The van der Waals surface area contributed by atoms with Crippen molar-refractivity contribution in [3.8, 4) is 0 Å². The zero-order valence-corrected chi connectivity index (χ0v) is 13.1. The highest BCUT2D eigenvalue weighted by Crippen LogP contribution is 2.29. The van der Waals surface area contributed by atoms with Gasteiger partial charge >= 0.3 is 0 Å². The van der Waals surface area contributed by atoms with Gasteiger partial charge in [-0.1, -0.05) is 26.0 Å². The summed E-state index contributed by atoms with van der Waals surface area (Å²) in [6.07, 6.45) is 4.83. The average Bonchev–Trinajstić information content (AvgIpc) is 3.19. The van der Waals surface area contributed by atoms with Gasteiger partial charge in [0.25, 0.3) is 0 Å². The molecule has 3 heteroatoms. The molecule has 0 aliphatic heterocycles. The van der Waals surface area contributed by atoms with Crippen molar-refractivity contribution in [1.29, 1.82) is 0 Å². The van der Waals surface area contributed by atoms with Gasteiger partial charge in [-0.25, -0.2) is 0 Å². The van der Waals surface area contributed by atoms with E-state index in [1.165, 1.54) is 29.3 Å². The van der Waals surface area contributed by atoms with Crippen molar-refractivity contribution >= 4 is 10.9 Å². The lowest BCUT2D eigenvalue weighted by Gasteiger charge is -2.10. The van der Waals surface area contributed by atoms with Crippen LogP contribution in [0.2, 0.25) is 0 Å². The van der Waals surface area contributed by atoms with E-state index in [0.29, 0.717) is 12.6 Å². The van der Waals surface area contributed by atoms with E-state index in [9.17, 15) is 0 Å². The van der Waals surface area contributed by atoms with Crippen LogP contribution in [0, 0.1) is 11.8 Å². The third-order valence-electron chi connectivity index (χ3n) is 4.05. The number of benzene rings is 1. The Labute approximate surface area is 127 Å². The first kappa shape index (κ1) is 14.6. The molecule has 1 aliphatic rings. The molecule has 1 aromatic heterocycles. The van der Waals surface area contributed by atoms with Crippen LogP contribution in [0.1, 0.15) is 32.3 Å². The molecule has 0 radical (unpaired) electrons. The molecule has 114 valence electrons. The first-order chi connectivity index (χ1) is 10.2. The molecule has 3 nitrogen and oxygen atoms in total. The van der Waals surface area contributed by atoms with E-state index in [1.54, 1.807) is 0 Å². The van der Waals surface area contributed by atoms with Crippen molar-refractivity contribution in [2.75, 3.05) is 13.2 Å². The minimum Gasteiger partial charge on any atom is -0.360 e. The van der Waals surface area contributed by atoms with Crippen LogP contribution in [-0.2, 0) is 18.0 Å². The number of hydrogen-bond donors (Lipinski definition) is 1. The van der Waals surface area contributed by atoms with Crippen LogP contribution in [0.15, 0.2) is 30.5 Å². The Kier molecular flexibility index (Phi) is 4.61. The number of ether oxygens (including phenoxy) is 1.